The average molecular weight is 245 g/mol. The molecule has 1 rings (SSSR count). The summed E-state index contributed by atoms with van der Waals surface area (Å²) < 4.78 is 1.79. The molecule has 1 aromatic heterocycles. The minimum atomic E-state index is -0.0319. The second-order valence-electron chi connectivity index (χ2n) is 4.46. The maximum atomic E-state index is 11.6. The van der Waals surface area contributed by atoms with E-state index in [0.29, 0.717) is 11.1 Å². The van der Waals surface area contributed by atoms with Crippen LogP contribution in [0.2, 0.25) is 5.15 Å². The second kappa shape index (κ2) is 6.14. The van der Waals surface area contributed by atoms with Crippen LogP contribution < -0.4 is 5.56 Å². The molecule has 1 atom stereocenters. The fourth-order valence-corrected chi connectivity index (χ4v) is 2.28. The Morgan fingerprint density at radius 3 is 2.62 bits per heavy atom. The highest BCUT2D eigenvalue weighted by molar-refractivity contribution is 6.30. The van der Waals surface area contributed by atoms with Crippen LogP contribution in [0.5, 0.6) is 0 Å². The van der Waals surface area contributed by atoms with Gasteiger partial charge in [-0.3, -0.25) is 14.6 Å². The molecule has 1 heterocycles. The van der Waals surface area contributed by atoms with E-state index in [1.807, 2.05) is 6.92 Å². The topological polar surface area (TPSA) is 37.8 Å². The van der Waals surface area contributed by atoms with Gasteiger partial charge in [-0.25, -0.2) is 0 Å². The first-order valence-corrected chi connectivity index (χ1v) is 6.45. The summed E-state index contributed by atoms with van der Waals surface area (Å²) >= 11 is 6.18. The Hall–Kier alpha value is -0.700. The molecule has 16 heavy (non-hydrogen) atoms. The summed E-state index contributed by atoms with van der Waals surface area (Å²) in [5.74, 6) is 0.542. The Morgan fingerprint density at radius 2 is 2.06 bits per heavy atom. The van der Waals surface area contributed by atoms with E-state index in [4.69, 9.17) is 11.6 Å². The van der Waals surface area contributed by atoms with E-state index in [2.05, 4.69) is 18.9 Å². The normalized spacial score (nSPS) is 13.0. The maximum Gasteiger partial charge on any atom is 0.268 e. The number of hydrogen-bond acceptors (Lipinski definition) is 1. The van der Waals surface area contributed by atoms with Gasteiger partial charge in [0.2, 0.25) is 0 Å². The van der Waals surface area contributed by atoms with Gasteiger partial charge >= 0.3 is 0 Å². The Bertz CT molecular complexity index is 381. The molecule has 1 aromatic rings. The fraction of sp³-hybridized carbons (Fsp3) is 0.750. The van der Waals surface area contributed by atoms with E-state index in [9.17, 15) is 4.79 Å². The highest BCUT2D eigenvalue weighted by Crippen LogP contribution is 2.16. The molecule has 0 aliphatic carbocycles. The van der Waals surface area contributed by atoms with Crippen LogP contribution in [0.4, 0.5) is 0 Å². The molecule has 3 nitrogen and oxygen atoms in total. The summed E-state index contributed by atoms with van der Waals surface area (Å²) in [6.07, 6.45) is 4.01. The molecular formula is C12H21ClN2O. The number of aromatic nitrogens is 2. The molecule has 0 bridgehead atoms. The van der Waals surface area contributed by atoms with Crippen LogP contribution in [0.25, 0.3) is 0 Å². The van der Waals surface area contributed by atoms with E-state index in [1.54, 1.807) is 4.68 Å². The van der Waals surface area contributed by atoms with Crippen molar-refractivity contribution in [2.75, 3.05) is 0 Å². The SMILES string of the molecule is CCCc1c(Cl)n(CC(C)CCC)[nH]c1=O. The number of rotatable bonds is 6. The van der Waals surface area contributed by atoms with Crippen molar-refractivity contribution < 1.29 is 0 Å². The molecule has 0 spiro atoms. The summed E-state index contributed by atoms with van der Waals surface area (Å²) in [6, 6.07) is 0. The van der Waals surface area contributed by atoms with Crippen molar-refractivity contribution in [3.05, 3.63) is 21.1 Å². The molecule has 1 unspecified atom stereocenters. The molecule has 92 valence electrons. The van der Waals surface area contributed by atoms with E-state index in [-0.39, 0.29) is 5.56 Å². The Kier molecular flexibility index (Phi) is 5.13. The lowest BCUT2D eigenvalue weighted by Crippen LogP contribution is -2.12. The quantitative estimate of drug-likeness (QED) is 0.820. The zero-order valence-electron chi connectivity index (χ0n) is 10.3. The van der Waals surface area contributed by atoms with Crippen LogP contribution >= 0.6 is 11.6 Å². The minimum absolute atomic E-state index is 0.0319. The van der Waals surface area contributed by atoms with Crippen LogP contribution in [0.3, 0.4) is 0 Å². The number of aromatic amines is 1. The summed E-state index contributed by atoms with van der Waals surface area (Å²) in [4.78, 5) is 11.6. The lowest BCUT2D eigenvalue weighted by atomic mass is 10.1. The molecule has 0 amide bonds. The van der Waals surface area contributed by atoms with Gasteiger partial charge in [-0.1, -0.05) is 45.2 Å². The van der Waals surface area contributed by atoms with E-state index < -0.39 is 0 Å². The Morgan fingerprint density at radius 1 is 1.38 bits per heavy atom. The van der Waals surface area contributed by atoms with Gasteiger partial charge in [0.15, 0.2) is 0 Å². The van der Waals surface area contributed by atoms with Crippen molar-refractivity contribution in [2.24, 2.45) is 5.92 Å². The number of nitrogens with one attached hydrogen (secondary N) is 1. The number of H-pyrrole nitrogens is 1. The lowest BCUT2D eigenvalue weighted by Gasteiger charge is -2.11. The predicted molar refractivity (Wildman–Crippen MR) is 68.1 cm³/mol. The molecule has 0 aromatic carbocycles. The molecule has 0 saturated carbocycles. The van der Waals surface area contributed by atoms with Gasteiger partial charge in [0.25, 0.3) is 5.56 Å². The zero-order chi connectivity index (χ0) is 12.1. The largest absolute Gasteiger partial charge is 0.273 e. The molecule has 0 aliphatic heterocycles. The van der Waals surface area contributed by atoms with Crippen molar-refractivity contribution in [3.63, 3.8) is 0 Å². The standard InChI is InChI=1S/C12H21ClN2O/c1-4-6-9(3)8-15-11(13)10(7-5-2)12(16)14-15/h9H,4-8H2,1-3H3,(H,14,16). The first-order chi connectivity index (χ1) is 7.60. The molecule has 1 N–H and O–H groups in total. The van der Waals surface area contributed by atoms with Crippen LogP contribution in [0, 0.1) is 5.92 Å². The summed E-state index contributed by atoms with van der Waals surface area (Å²) in [5.41, 5.74) is 0.698. The average Bonchev–Trinajstić information content (AvgIpc) is 2.47. The van der Waals surface area contributed by atoms with E-state index in [1.165, 1.54) is 0 Å². The molecule has 4 heteroatoms. The lowest BCUT2D eigenvalue weighted by molar-refractivity contribution is 0.419. The Balaban J connectivity index is 2.82. The second-order valence-corrected chi connectivity index (χ2v) is 4.82. The molecular weight excluding hydrogens is 224 g/mol. The van der Waals surface area contributed by atoms with Crippen molar-refractivity contribution in [1.29, 1.82) is 0 Å². The van der Waals surface area contributed by atoms with Crippen molar-refractivity contribution in [1.82, 2.24) is 9.78 Å². The highest BCUT2D eigenvalue weighted by atomic mass is 35.5. The van der Waals surface area contributed by atoms with Crippen LogP contribution in [0.15, 0.2) is 4.79 Å². The van der Waals surface area contributed by atoms with Crippen LogP contribution in [-0.4, -0.2) is 9.78 Å². The van der Waals surface area contributed by atoms with Gasteiger partial charge in [0.1, 0.15) is 5.15 Å². The number of halogens is 1. The van der Waals surface area contributed by atoms with E-state index in [0.717, 1.165) is 37.8 Å². The summed E-state index contributed by atoms with van der Waals surface area (Å²) in [6.45, 7) is 7.19. The van der Waals surface area contributed by atoms with Gasteiger partial charge < -0.3 is 0 Å². The van der Waals surface area contributed by atoms with Crippen LogP contribution in [-0.2, 0) is 13.0 Å². The van der Waals surface area contributed by atoms with Gasteiger partial charge in [-0.05, 0) is 18.8 Å². The van der Waals surface area contributed by atoms with Crippen molar-refractivity contribution in [3.8, 4) is 0 Å². The van der Waals surface area contributed by atoms with Crippen molar-refractivity contribution in [2.45, 2.75) is 53.0 Å². The fourth-order valence-electron chi connectivity index (χ4n) is 1.98. The molecule has 0 radical (unpaired) electrons. The van der Waals surface area contributed by atoms with Gasteiger partial charge in [0.05, 0.1) is 5.56 Å². The van der Waals surface area contributed by atoms with Crippen molar-refractivity contribution >= 4 is 11.6 Å². The predicted octanol–water partition coefficient (Wildman–Crippen LogP) is 3.22. The summed E-state index contributed by atoms with van der Waals surface area (Å²) in [7, 11) is 0. The third-order valence-corrected chi connectivity index (χ3v) is 3.20. The third-order valence-electron chi connectivity index (χ3n) is 2.77. The van der Waals surface area contributed by atoms with Gasteiger partial charge in [-0.15, -0.1) is 0 Å². The summed E-state index contributed by atoms with van der Waals surface area (Å²) in [5, 5.41) is 3.41. The Labute approximate surface area is 102 Å². The maximum absolute atomic E-state index is 11.6. The third kappa shape index (κ3) is 3.14. The van der Waals surface area contributed by atoms with Crippen LogP contribution in [0.1, 0.15) is 45.6 Å². The molecule has 0 saturated heterocycles. The van der Waals surface area contributed by atoms with Gasteiger partial charge in [-0.2, -0.15) is 0 Å². The molecule has 0 fully saturated rings. The molecule has 0 aliphatic rings. The monoisotopic (exact) mass is 244 g/mol. The number of hydrogen-bond donors (Lipinski definition) is 1. The first-order valence-electron chi connectivity index (χ1n) is 6.07. The first kappa shape index (κ1) is 13.4. The van der Waals surface area contributed by atoms with E-state index >= 15 is 0 Å². The minimum Gasteiger partial charge on any atom is -0.273 e. The highest BCUT2D eigenvalue weighted by Gasteiger charge is 2.13. The van der Waals surface area contributed by atoms with Gasteiger partial charge in [0, 0.05) is 6.54 Å². The number of nitrogens with zero attached hydrogens (tertiary/aromatic N) is 1. The zero-order valence-corrected chi connectivity index (χ0v) is 11.1. The smallest absolute Gasteiger partial charge is 0.268 e.